The summed E-state index contributed by atoms with van der Waals surface area (Å²) in [6, 6.07) is 0. The Bertz CT molecular complexity index is 237. The van der Waals surface area contributed by atoms with Crippen molar-refractivity contribution in [1.82, 2.24) is 0 Å². The lowest BCUT2D eigenvalue weighted by molar-refractivity contribution is 0.805. The highest BCUT2D eigenvalue weighted by Gasteiger charge is 2.01. The summed E-state index contributed by atoms with van der Waals surface area (Å²) in [4.78, 5) is 0. The highest BCUT2D eigenvalue weighted by atomic mass is 14.1. The molecule has 0 saturated carbocycles. The maximum Gasteiger partial charge on any atom is -0.00486 e. The van der Waals surface area contributed by atoms with Crippen molar-refractivity contribution in [2.24, 2.45) is 5.92 Å². The number of hydrogen-bond acceptors (Lipinski definition) is 0. The third-order valence-corrected chi connectivity index (χ3v) is 2.44. The van der Waals surface area contributed by atoms with Crippen LogP contribution < -0.4 is 0 Å². The van der Waals surface area contributed by atoms with Crippen molar-refractivity contribution in [3.8, 4) is 0 Å². The zero-order chi connectivity index (χ0) is 11.1. The Morgan fingerprint density at radius 3 is 2.14 bits per heavy atom. The van der Waals surface area contributed by atoms with Crippen molar-refractivity contribution < 1.29 is 0 Å². The first-order valence-electron chi connectivity index (χ1n) is 5.54. The lowest BCUT2D eigenvalue weighted by Gasteiger charge is -2.10. The molecule has 0 nitrogen and oxygen atoms in total. The average molecular weight is 192 g/mol. The first-order chi connectivity index (χ1) is 6.51. The molecular formula is C14H24. The van der Waals surface area contributed by atoms with E-state index < -0.39 is 0 Å². The number of rotatable bonds is 5. The van der Waals surface area contributed by atoms with E-state index in [2.05, 4.69) is 53.3 Å². The second-order valence-electron chi connectivity index (χ2n) is 4.12. The van der Waals surface area contributed by atoms with Crippen LogP contribution in [0.15, 0.2) is 35.5 Å². The minimum absolute atomic E-state index is 0.505. The summed E-state index contributed by atoms with van der Waals surface area (Å²) >= 11 is 0. The fourth-order valence-corrected chi connectivity index (χ4v) is 1.40. The monoisotopic (exact) mass is 192 g/mol. The van der Waals surface area contributed by atoms with Crippen LogP contribution in [0.4, 0.5) is 0 Å². The maximum atomic E-state index is 4.07. The third kappa shape index (κ3) is 5.06. The molecule has 0 amide bonds. The van der Waals surface area contributed by atoms with Gasteiger partial charge in [-0.3, -0.25) is 0 Å². The van der Waals surface area contributed by atoms with Gasteiger partial charge in [-0.2, -0.15) is 0 Å². The fourth-order valence-electron chi connectivity index (χ4n) is 1.40. The molecule has 0 saturated heterocycles. The normalized spacial score (nSPS) is 13.6. The smallest absolute Gasteiger partial charge is 0.00486 e. The van der Waals surface area contributed by atoms with Crippen LogP contribution >= 0.6 is 0 Å². The van der Waals surface area contributed by atoms with Crippen LogP contribution in [0, 0.1) is 5.92 Å². The van der Waals surface area contributed by atoms with Gasteiger partial charge in [0.15, 0.2) is 0 Å². The van der Waals surface area contributed by atoms with Crippen molar-refractivity contribution >= 4 is 0 Å². The molecule has 80 valence electrons. The highest BCUT2D eigenvalue weighted by molar-refractivity contribution is 5.24. The summed E-state index contributed by atoms with van der Waals surface area (Å²) in [6.07, 6.45) is 6.77. The van der Waals surface area contributed by atoms with Crippen LogP contribution in [0.3, 0.4) is 0 Å². The molecule has 0 heteroatoms. The molecule has 0 bridgehead atoms. The zero-order valence-electron chi connectivity index (χ0n) is 10.4. The minimum atomic E-state index is 0.505. The lowest BCUT2D eigenvalue weighted by Crippen LogP contribution is -1.94. The van der Waals surface area contributed by atoms with Gasteiger partial charge in [-0.25, -0.2) is 0 Å². The third-order valence-electron chi connectivity index (χ3n) is 2.44. The molecular weight excluding hydrogens is 168 g/mol. The first kappa shape index (κ1) is 13.2. The molecule has 1 atom stereocenters. The van der Waals surface area contributed by atoms with E-state index in [0.717, 1.165) is 12.8 Å². The highest BCUT2D eigenvalue weighted by Crippen LogP contribution is 2.17. The van der Waals surface area contributed by atoms with Crippen LogP contribution in [0.5, 0.6) is 0 Å². The first-order valence-corrected chi connectivity index (χ1v) is 5.54. The topological polar surface area (TPSA) is 0 Å². The van der Waals surface area contributed by atoms with Gasteiger partial charge in [0.1, 0.15) is 0 Å². The molecule has 0 aromatic carbocycles. The summed E-state index contributed by atoms with van der Waals surface area (Å²) in [7, 11) is 0. The van der Waals surface area contributed by atoms with E-state index in [0.29, 0.717) is 5.92 Å². The summed E-state index contributed by atoms with van der Waals surface area (Å²) in [5, 5.41) is 0. The Morgan fingerprint density at radius 2 is 1.79 bits per heavy atom. The van der Waals surface area contributed by atoms with Gasteiger partial charge in [0.05, 0.1) is 0 Å². The second kappa shape index (κ2) is 6.64. The van der Waals surface area contributed by atoms with E-state index in [9.17, 15) is 0 Å². The van der Waals surface area contributed by atoms with Gasteiger partial charge in [-0.1, -0.05) is 56.2 Å². The molecule has 0 aromatic heterocycles. The average Bonchev–Trinajstić information content (AvgIpc) is 2.14. The van der Waals surface area contributed by atoms with Gasteiger partial charge in [0.2, 0.25) is 0 Å². The molecule has 1 unspecified atom stereocenters. The van der Waals surface area contributed by atoms with E-state index in [-0.39, 0.29) is 0 Å². The van der Waals surface area contributed by atoms with Gasteiger partial charge in [-0.05, 0) is 32.6 Å². The van der Waals surface area contributed by atoms with Gasteiger partial charge < -0.3 is 0 Å². The van der Waals surface area contributed by atoms with Gasteiger partial charge in [0, 0.05) is 0 Å². The zero-order valence-corrected chi connectivity index (χ0v) is 10.4. The predicted molar refractivity (Wildman–Crippen MR) is 66.4 cm³/mol. The number of allylic oxidation sites excluding steroid dienone is 5. The molecule has 0 radical (unpaired) electrons. The van der Waals surface area contributed by atoms with Gasteiger partial charge in [-0.15, -0.1) is 0 Å². The van der Waals surface area contributed by atoms with Gasteiger partial charge >= 0.3 is 0 Å². The van der Waals surface area contributed by atoms with Crippen molar-refractivity contribution in [3.05, 3.63) is 35.5 Å². The van der Waals surface area contributed by atoms with E-state index in [1.165, 1.54) is 16.7 Å². The SMILES string of the molecule is C=C(CC)C(C)C=C(C=C(C)C)CC. The molecule has 14 heavy (non-hydrogen) atoms. The van der Waals surface area contributed by atoms with Crippen LogP contribution in [-0.2, 0) is 0 Å². The molecule has 0 aromatic rings. The Labute approximate surface area is 89.4 Å². The van der Waals surface area contributed by atoms with Crippen molar-refractivity contribution in [2.75, 3.05) is 0 Å². The summed E-state index contributed by atoms with van der Waals surface area (Å²) in [5.41, 5.74) is 4.11. The molecule has 0 aliphatic heterocycles. The molecule has 0 aliphatic rings. The molecule has 0 aliphatic carbocycles. The van der Waals surface area contributed by atoms with Crippen LogP contribution in [0.2, 0.25) is 0 Å². The molecule has 0 rings (SSSR count). The fraction of sp³-hybridized carbons (Fsp3) is 0.571. The van der Waals surface area contributed by atoms with E-state index in [4.69, 9.17) is 0 Å². The lowest BCUT2D eigenvalue weighted by atomic mass is 9.96. The molecule has 0 fully saturated rings. The van der Waals surface area contributed by atoms with Gasteiger partial charge in [0.25, 0.3) is 0 Å². The Morgan fingerprint density at radius 1 is 1.21 bits per heavy atom. The predicted octanol–water partition coefficient (Wildman–Crippen LogP) is 4.89. The number of hydrogen-bond donors (Lipinski definition) is 0. The minimum Gasteiger partial charge on any atom is -0.0993 e. The largest absolute Gasteiger partial charge is 0.0993 e. The van der Waals surface area contributed by atoms with E-state index in [1.807, 2.05) is 0 Å². The van der Waals surface area contributed by atoms with Crippen LogP contribution in [0.1, 0.15) is 47.5 Å². The molecule has 0 spiro atoms. The second-order valence-corrected chi connectivity index (χ2v) is 4.12. The van der Waals surface area contributed by atoms with Crippen molar-refractivity contribution in [1.29, 1.82) is 0 Å². The summed E-state index contributed by atoms with van der Waals surface area (Å²) in [5.74, 6) is 0.505. The summed E-state index contributed by atoms with van der Waals surface area (Å²) in [6.45, 7) is 14.9. The van der Waals surface area contributed by atoms with E-state index in [1.54, 1.807) is 0 Å². The molecule has 0 heterocycles. The van der Waals surface area contributed by atoms with E-state index >= 15 is 0 Å². The molecule has 0 N–H and O–H groups in total. The van der Waals surface area contributed by atoms with Crippen LogP contribution in [-0.4, -0.2) is 0 Å². The van der Waals surface area contributed by atoms with Crippen molar-refractivity contribution in [2.45, 2.75) is 47.5 Å². The quantitative estimate of drug-likeness (QED) is 0.429. The summed E-state index contributed by atoms with van der Waals surface area (Å²) < 4.78 is 0. The van der Waals surface area contributed by atoms with Crippen molar-refractivity contribution in [3.63, 3.8) is 0 Å². The maximum absolute atomic E-state index is 4.07. The standard InChI is InChI=1S/C14H24/c1-7-12(5)13(6)10-14(8-2)9-11(3)4/h9-10,13H,5,7-8H2,1-4,6H3. The Kier molecular flexibility index (Phi) is 6.27. The Hall–Kier alpha value is -0.780. The Balaban J connectivity index is 4.59. The van der Waals surface area contributed by atoms with Crippen LogP contribution in [0.25, 0.3) is 0 Å².